The molecule has 2 aromatic carbocycles. The van der Waals surface area contributed by atoms with Gasteiger partial charge in [0, 0.05) is 65.4 Å². The maximum atomic E-state index is 6.16. The van der Waals surface area contributed by atoms with E-state index in [1.807, 2.05) is 46.5 Å². The van der Waals surface area contributed by atoms with Crippen LogP contribution in [0.4, 0.5) is 11.4 Å². The predicted octanol–water partition coefficient (Wildman–Crippen LogP) is 0.940. The molecule has 4 heterocycles. The third-order valence-electron chi connectivity index (χ3n) is 10.6. The lowest BCUT2D eigenvalue weighted by molar-refractivity contribution is -1.01. The van der Waals surface area contributed by atoms with Gasteiger partial charge in [0.05, 0.1) is 42.8 Å². The number of unbranched alkanes of at least 4 members (excludes halogenated alkanes) is 3. The highest BCUT2D eigenvalue weighted by Crippen LogP contribution is 2.24. The van der Waals surface area contributed by atoms with Crippen molar-refractivity contribution in [3.05, 3.63) is 71.0 Å². The number of hydrogen-bond donors (Lipinski definition) is 6. The lowest BCUT2D eigenvalue weighted by Crippen LogP contribution is -3.28. The molecule has 0 amide bonds. The summed E-state index contributed by atoms with van der Waals surface area (Å²) in [6.07, 6.45) is 11.9. The number of pyridine rings is 2. The van der Waals surface area contributed by atoms with Gasteiger partial charge in [-0.1, -0.05) is 23.2 Å². The topological polar surface area (TPSA) is 68.8 Å². The van der Waals surface area contributed by atoms with Crippen LogP contribution in [0.25, 0.3) is 21.8 Å². The van der Waals surface area contributed by atoms with Crippen molar-refractivity contribution in [2.24, 2.45) is 0 Å². The van der Waals surface area contributed by atoms with Crippen molar-refractivity contribution in [1.29, 1.82) is 0 Å². The Balaban J connectivity index is 0.747. The van der Waals surface area contributed by atoms with Gasteiger partial charge in [0.2, 0.25) is 5.52 Å². The first-order valence-corrected chi connectivity index (χ1v) is 19.3. The van der Waals surface area contributed by atoms with Crippen LogP contribution >= 0.6 is 23.2 Å². The number of anilines is 2. The van der Waals surface area contributed by atoms with Crippen molar-refractivity contribution in [2.75, 3.05) is 102 Å². The zero-order chi connectivity index (χ0) is 33.0. The molecule has 48 heavy (non-hydrogen) atoms. The summed E-state index contributed by atoms with van der Waals surface area (Å²) in [7, 11) is 0. The van der Waals surface area contributed by atoms with Gasteiger partial charge >= 0.3 is 0 Å². The van der Waals surface area contributed by atoms with Crippen molar-refractivity contribution in [1.82, 2.24) is 4.98 Å². The average molecular weight is 697 g/mol. The van der Waals surface area contributed by atoms with E-state index in [-0.39, 0.29) is 0 Å². The Kier molecular flexibility index (Phi) is 13.4. The van der Waals surface area contributed by atoms with E-state index in [0.717, 1.165) is 45.2 Å². The first kappa shape index (κ1) is 35.1. The van der Waals surface area contributed by atoms with E-state index in [4.69, 9.17) is 23.2 Å². The van der Waals surface area contributed by atoms with Gasteiger partial charge in [-0.3, -0.25) is 4.98 Å². The molecule has 2 aliphatic rings. The van der Waals surface area contributed by atoms with Gasteiger partial charge in [0.1, 0.15) is 52.4 Å². The fraction of sp³-hybridized carbons (Fsp3) is 0.526. The molecule has 0 saturated carbocycles. The highest BCUT2D eigenvalue weighted by Gasteiger charge is 2.23. The lowest BCUT2D eigenvalue weighted by Gasteiger charge is -2.30. The van der Waals surface area contributed by atoms with E-state index >= 15 is 0 Å². The number of quaternary nitrogens is 4. The zero-order valence-electron chi connectivity index (χ0n) is 28.6. The molecule has 0 spiro atoms. The second-order valence-corrected chi connectivity index (χ2v) is 14.9. The number of nitrogens with zero attached hydrogens (tertiary/aromatic N) is 1. The molecule has 0 atom stereocenters. The molecule has 0 bridgehead atoms. The number of hydrogen-bond acceptors (Lipinski definition) is 3. The second-order valence-electron chi connectivity index (χ2n) is 14.1. The number of aromatic nitrogens is 2. The standard InChI is InChI=1S/C38H52Cl2N8/c39-31-7-9-33-35(11-15-43-37(33)29-31)41-13-5-19-47-25-21-45(22-26-47)17-3-1-2-4-18-46-23-27-48(28-24-46)20-6-14-42-36-12-16-44-38-30-32(40)8-10-34(36)38/h7-12,15-16,29-30H,1-6,13-14,17-28H2,(H,41,43)(H,42,44)/p+5. The van der Waals surface area contributed by atoms with E-state index in [2.05, 4.69) is 44.9 Å². The molecule has 2 aliphatic heterocycles. The van der Waals surface area contributed by atoms with Crippen LogP contribution in [0, 0.1) is 0 Å². The van der Waals surface area contributed by atoms with Crippen molar-refractivity contribution in [3.8, 4) is 0 Å². The number of rotatable bonds is 17. The van der Waals surface area contributed by atoms with E-state index in [1.165, 1.54) is 128 Å². The number of fused-ring (bicyclic) bond motifs is 2. The molecule has 8 nitrogen and oxygen atoms in total. The van der Waals surface area contributed by atoms with Crippen LogP contribution < -0.4 is 35.2 Å². The van der Waals surface area contributed by atoms with Crippen LogP contribution in [0.15, 0.2) is 60.9 Å². The Labute approximate surface area is 296 Å². The highest BCUT2D eigenvalue weighted by atomic mass is 35.5. The minimum atomic E-state index is 0.736. The van der Waals surface area contributed by atoms with Gasteiger partial charge in [-0.05, 0) is 62.1 Å². The molecule has 0 unspecified atom stereocenters. The Morgan fingerprint density at radius 3 is 1.65 bits per heavy atom. The summed E-state index contributed by atoms with van der Waals surface area (Å²) in [6.45, 7) is 17.9. The molecule has 0 radical (unpaired) electrons. The average Bonchev–Trinajstić information content (AvgIpc) is 3.11. The number of piperazine rings is 2. The van der Waals surface area contributed by atoms with Crippen molar-refractivity contribution < 1.29 is 24.6 Å². The number of H-pyrrole nitrogens is 1. The van der Waals surface area contributed by atoms with Crippen molar-refractivity contribution >= 4 is 56.4 Å². The maximum absolute atomic E-state index is 6.16. The number of halogens is 2. The van der Waals surface area contributed by atoms with E-state index < -0.39 is 0 Å². The molecule has 2 aromatic heterocycles. The van der Waals surface area contributed by atoms with Gasteiger partial charge in [-0.25, -0.2) is 4.98 Å². The summed E-state index contributed by atoms with van der Waals surface area (Å²) in [6, 6.07) is 16.2. The van der Waals surface area contributed by atoms with Crippen molar-refractivity contribution in [2.45, 2.75) is 38.5 Å². The van der Waals surface area contributed by atoms with Gasteiger partial charge < -0.3 is 30.2 Å². The smallest absolute Gasteiger partial charge is 0.214 e. The molecule has 6 rings (SSSR count). The van der Waals surface area contributed by atoms with E-state index in [9.17, 15) is 0 Å². The predicted molar refractivity (Wildman–Crippen MR) is 199 cm³/mol. The first-order chi connectivity index (χ1) is 23.6. The third-order valence-corrected chi connectivity index (χ3v) is 11.1. The van der Waals surface area contributed by atoms with Crippen LogP contribution in [-0.2, 0) is 0 Å². The van der Waals surface area contributed by atoms with Crippen LogP contribution in [0.3, 0.4) is 0 Å². The SMILES string of the molecule is Clc1ccc2c(NCCC[NH+]3CC[NH+](CCCCCC[NH+]4CC[NH+](CCCNc5cc[nH+]c6cc(Cl)ccc56)CC4)CC3)ccnc2c1. The molecule has 258 valence electrons. The maximum Gasteiger partial charge on any atom is 0.214 e. The molecule has 4 aromatic rings. The van der Waals surface area contributed by atoms with Crippen molar-refractivity contribution in [3.63, 3.8) is 0 Å². The molecule has 2 saturated heterocycles. The fourth-order valence-corrected chi connectivity index (χ4v) is 8.08. The summed E-state index contributed by atoms with van der Waals surface area (Å²) in [5.41, 5.74) is 4.37. The van der Waals surface area contributed by atoms with Crippen LogP contribution in [0.2, 0.25) is 10.0 Å². The zero-order valence-corrected chi connectivity index (χ0v) is 30.1. The highest BCUT2D eigenvalue weighted by molar-refractivity contribution is 6.31. The number of nitrogens with one attached hydrogen (secondary N) is 7. The van der Waals surface area contributed by atoms with Crippen LogP contribution in [-0.4, -0.2) is 96.6 Å². The number of aromatic amines is 1. The Morgan fingerprint density at radius 2 is 1.06 bits per heavy atom. The van der Waals surface area contributed by atoms with Crippen LogP contribution in [0.5, 0.6) is 0 Å². The fourth-order valence-electron chi connectivity index (χ4n) is 7.75. The minimum Gasteiger partial charge on any atom is -0.384 e. The number of benzene rings is 2. The molecular formula is C38H57Cl2N8+5. The van der Waals surface area contributed by atoms with E-state index in [0.29, 0.717) is 0 Å². The summed E-state index contributed by atoms with van der Waals surface area (Å²) in [4.78, 5) is 15.0. The van der Waals surface area contributed by atoms with E-state index in [1.54, 1.807) is 9.80 Å². The third kappa shape index (κ3) is 10.4. The molecule has 0 aliphatic carbocycles. The molecular weight excluding hydrogens is 639 g/mol. The molecule has 2 fully saturated rings. The Bertz CT molecular complexity index is 1450. The molecule has 7 N–H and O–H groups in total. The summed E-state index contributed by atoms with van der Waals surface area (Å²) in [5, 5.41) is 11.1. The Morgan fingerprint density at radius 1 is 0.562 bits per heavy atom. The van der Waals surface area contributed by atoms with Gasteiger partial charge in [-0.15, -0.1) is 0 Å². The lowest BCUT2D eigenvalue weighted by atomic mass is 10.1. The monoisotopic (exact) mass is 695 g/mol. The van der Waals surface area contributed by atoms with Gasteiger partial charge in [-0.2, -0.15) is 0 Å². The largest absolute Gasteiger partial charge is 0.384 e. The summed E-state index contributed by atoms with van der Waals surface area (Å²) >= 11 is 12.3. The minimum absolute atomic E-state index is 0.736. The Hall–Kier alpha value is -2.72. The normalized spacial score (nSPS) is 21.5. The van der Waals surface area contributed by atoms with Gasteiger partial charge in [0.25, 0.3) is 0 Å². The summed E-state index contributed by atoms with van der Waals surface area (Å²) < 4.78 is 0. The van der Waals surface area contributed by atoms with Gasteiger partial charge in [0.15, 0.2) is 6.20 Å². The van der Waals surface area contributed by atoms with Crippen LogP contribution in [0.1, 0.15) is 38.5 Å². The first-order valence-electron chi connectivity index (χ1n) is 18.6. The second kappa shape index (κ2) is 18.3. The summed E-state index contributed by atoms with van der Waals surface area (Å²) in [5.74, 6) is 0. The molecule has 10 heteroatoms. The quantitative estimate of drug-likeness (QED) is 0.0933.